The minimum absolute atomic E-state index is 0.126. The number of hydrogen-bond donors (Lipinski definition) is 2. The maximum Gasteiger partial charge on any atom is 0.123 e. The Balaban J connectivity index is 1.34. The monoisotopic (exact) mass is 588 g/mol. The summed E-state index contributed by atoms with van der Waals surface area (Å²) >= 11 is 1.88. The zero-order chi connectivity index (χ0) is 30.6. The van der Waals surface area contributed by atoms with Gasteiger partial charge in [0.25, 0.3) is 0 Å². The summed E-state index contributed by atoms with van der Waals surface area (Å²) in [5.74, 6) is 1.43. The zero-order valence-electron chi connectivity index (χ0n) is 26.3. The van der Waals surface area contributed by atoms with E-state index in [0.29, 0.717) is 5.75 Å². The number of nitrogens with zero attached hydrogens (tertiary/aromatic N) is 1. The first-order valence-electron chi connectivity index (χ1n) is 15.2. The van der Waals surface area contributed by atoms with E-state index in [1.807, 2.05) is 30.0 Å². The van der Waals surface area contributed by atoms with E-state index < -0.39 is 0 Å². The highest BCUT2D eigenvalue weighted by Crippen LogP contribution is 2.42. The van der Waals surface area contributed by atoms with Crippen LogP contribution in [0.3, 0.4) is 0 Å². The number of para-hydroxylation sites is 2. The second-order valence-corrected chi connectivity index (χ2v) is 14.5. The summed E-state index contributed by atoms with van der Waals surface area (Å²) in [6.45, 7) is 13.9. The summed E-state index contributed by atoms with van der Waals surface area (Å²) in [5, 5.41) is 17.1. The lowest BCUT2D eigenvalue weighted by Gasteiger charge is -2.28. The minimum Gasteiger partial charge on any atom is -0.507 e. The summed E-state index contributed by atoms with van der Waals surface area (Å²) in [6, 6.07) is 38.7. The molecule has 4 heteroatoms. The number of benzene rings is 5. The molecule has 2 N–H and O–H groups in total. The molecule has 0 aromatic heterocycles. The Hall–Kier alpha value is -3.89. The molecule has 0 unspecified atom stereocenters. The SMILES string of the molecule is CC(C)(C)c1cc(SCCCN(c2ccccc2)c2ccc3cc(Nc4ccccc4)ccc3c2)cc(C(C)(C)C)c1O. The number of phenolic OH excluding ortho intramolecular Hbond substituents is 1. The number of thioether (sulfide) groups is 1. The van der Waals surface area contributed by atoms with E-state index in [1.165, 1.54) is 27.0 Å². The Labute approximate surface area is 262 Å². The quantitative estimate of drug-likeness (QED) is 0.133. The van der Waals surface area contributed by atoms with E-state index >= 15 is 0 Å². The van der Waals surface area contributed by atoms with Crippen molar-refractivity contribution in [1.82, 2.24) is 0 Å². The van der Waals surface area contributed by atoms with Gasteiger partial charge in [-0.1, -0.05) is 90.1 Å². The van der Waals surface area contributed by atoms with Gasteiger partial charge in [0.1, 0.15) is 5.75 Å². The highest BCUT2D eigenvalue weighted by atomic mass is 32.2. The molecule has 0 fully saturated rings. The van der Waals surface area contributed by atoms with Crippen LogP contribution in [0.5, 0.6) is 5.75 Å². The predicted octanol–water partition coefficient (Wildman–Crippen LogP) is 11.2. The second kappa shape index (κ2) is 12.8. The highest BCUT2D eigenvalue weighted by Gasteiger charge is 2.26. The second-order valence-electron chi connectivity index (χ2n) is 13.3. The van der Waals surface area contributed by atoms with Crippen LogP contribution in [0.2, 0.25) is 0 Å². The van der Waals surface area contributed by atoms with Crippen LogP contribution in [-0.2, 0) is 10.8 Å². The minimum atomic E-state index is -0.126. The number of hydrogen-bond acceptors (Lipinski definition) is 4. The Morgan fingerprint density at radius 1 is 0.628 bits per heavy atom. The molecule has 43 heavy (non-hydrogen) atoms. The zero-order valence-corrected chi connectivity index (χ0v) is 27.1. The number of nitrogens with one attached hydrogen (secondary N) is 1. The molecule has 0 saturated heterocycles. The van der Waals surface area contributed by atoms with Gasteiger partial charge >= 0.3 is 0 Å². The third-order valence-electron chi connectivity index (χ3n) is 7.76. The number of rotatable bonds is 9. The van der Waals surface area contributed by atoms with E-state index in [0.717, 1.165) is 41.2 Å². The van der Waals surface area contributed by atoms with E-state index in [1.54, 1.807) is 0 Å². The standard InChI is InChI=1S/C39H44N2OS/c1-38(2,3)35-26-34(27-36(37(35)42)39(4,5)6)43-23-13-22-41(32-16-11-8-12-17-32)33-21-19-28-24-31(20-18-29(28)25-33)40-30-14-9-7-10-15-30/h7-12,14-21,24-27,40,42H,13,22-23H2,1-6H3. The molecule has 0 spiro atoms. The van der Waals surface area contributed by atoms with Crippen molar-refractivity contribution in [1.29, 1.82) is 0 Å². The molecule has 0 saturated carbocycles. The Kier molecular flexibility index (Phi) is 9.08. The Morgan fingerprint density at radius 2 is 1.21 bits per heavy atom. The van der Waals surface area contributed by atoms with Gasteiger partial charge in [-0.3, -0.25) is 0 Å². The molecule has 3 nitrogen and oxygen atoms in total. The maximum atomic E-state index is 11.1. The van der Waals surface area contributed by atoms with Crippen molar-refractivity contribution in [3.05, 3.63) is 120 Å². The Morgan fingerprint density at radius 3 is 1.84 bits per heavy atom. The van der Waals surface area contributed by atoms with E-state index in [-0.39, 0.29) is 10.8 Å². The van der Waals surface area contributed by atoms with Crippen LogP contribution < -0.4 is 10.2 Å². The lowest BCUT2D eigenvalue weighted by atomic mass is 9.79. The third kappa shape index (κ3) is 7.55. The van der Waals surface area contributed by atoms with Crippen molar-refractivity contribution in [2.75, 3.05) is 22.5 Å². The molecule has 0 aliphatic rings. The number of anilines is 4. The third-order valence-corrected chi connectivity index (χ3v) is 8.82. The molecule has 222 valence electrons. The smallest absolute Gasteiger partial charge is 0.123 e. The lowest BCUT2D eigenvalue weighted by Crippen LogP contribution is -2.19. The van der Waals surface area contributed by atoms with Crippen molar-refractivity contribution in [3.8, 4) is 5.75 Å². The first-order valence-corrected chi connectivity index (χ1v) is 16.2. The number of fused-ring (bicyclic) bond motifs is 1. The van der Waals surface area contributed by atoms with Crippen LogP contribution in [0.25, 0.3) is 10.8 Å². The number of phenols is 1. The fraction of sp³-hybridized carbons (Fsp3) is 0.282. The first kappa shape index (κ1) is 30.6. The van der Waals surface area contributed by atoms with Gasteiger partial charge in [0.15, 0.2) is 0 Å². The van der Waals surface area contributed by atoms with E-state index in [2.05, 4.69) is 143 Å². The molecule has 5 rings (SSSR count). The molecule has 0 heterocycles. The normalized spacial score (nSPS) is 12.0. The van der Waals surface area contributed by atoms with Crippen LogP contribution in [0.1, 0.15) is 59.1 Å². The molecule has 0 radical (unpaired) electrons. The average molecular weight is 589 g/mol. The number of aromatic hydroxyl groups is 1. The van der Waals surface area contributed by atoms with E-state index in [4.69, 9.17) is 0 Å². The van der Waals surface area contributed by atoms with Gasteiger partial charge in [-0.25, -0.2) is 0 Å². The fourth-order valence-corrected chi connectivity index (χ4v) is 6.34. The molecule has 5 aromatic carbocycles. The summed E-state index contributed by atoms with van der Waals surface area (Å²) in [5.41, 5.74) is 6.35. The van der Waals surface area contributed by atoms with Crippen molar-refractivity contribution >= 4 is 45.3 Å². The molecule has 0 amide bonds. The predicted molar refractivity (Wildman–Crippen MR) is 188 cm³/mol. The lowest BCUT2D eigenvalue weighted by molar-refractivity contribution is 0.422. The summed E-state index contributed by atoms with van der Waals surface area (Å²) in [6.07, 6.45) is 1.02. The fourth-order valence-electron chi connectivity index (χ4n) is 5.43. The van der Waals surface area contributed by atoms with Crippen LogP contribution in [0.15, 0.2) is 114 Å². The van der Waals surface area contributed by atoms with Gasteiger partial charge in [-0.2, -0.15) is 0 Å². The van der Waals surface area contributed by atoms with Crippen molar-refractivity contribution in [3.63, 3.8) is 0 Å². The topological polar surface area (TPSA) is 35.5 Å². The van der Waals surface area contributed by atoms with Crippen LogP contribution in [0, 0.1) is 0 Å². The van der Waals surface area contributed by atoms with Crippen LogP contribution in [-0.4, -0.2) is 17.4 Å². The molecule has 0 atom stereocenters. The van der Waals surface area contributed by atoms with Crippen molar-refractivity contribution < 1.29 is 5.11 Å². The van der Waals surface area contributed by atoms with Gasteiger partial charge in [0.05, 0.1) is 0 Å². The van der Waals surface area contributed by atoms with Crippen molar-refractivity contribution in [2.45, 2.75) is 63.7 Å². The molecule has 0 bridgehead atoms. The van der Waals surface area contributed by atoms with Gasteiger partial charge < -0.3 is 15.3 Å². The average Bonchev–Trinajstić information content (AvgIpc) is 2.97. The first-order chi connectivity index (χ1) is 20.5. The maximum absolute atomic E-state index is 11.1. The summed E-state index contributed by atoms with van der Waals surface area (Å²) in [7, 11) is 0. The van der Waals surface area contributed by atoms with Gasteiger partial charge in [-0.15, -0.1) is 11.8 Å². The molecule has 0 aliphatic carbocycles. The Bertz CT molecular complexity index is 1630. The molecule has 5 aromatic rings. The summed E-state index contributed by atoms with van der Waals surface area (Å²) in [4.78, 5) is 3.65. The molecular formula is C39H44N2OS. The largest absolute Gasteiger partial charge is 0.507 e. The highest BCUT2D eigenvalue weighted by molar-refractivity contribution is 7.99. The van der Waals surface area contributed by atoms with Crippen LogP contribution >= 0.6 is 11.8 Å². The van der Waals surface area contributed by atoms with Crippen molar-refractivity contribution in [2.24, 2.45) is 0 Å². The van der Waals surface area contributed by atoms with Gasteiger partial charge in [-0.05, 0) is 94.4 Å². The van der Waals surface area contributed by atoms with Gasteiger partial charge in [0.2, 0.25) is 0 Å². The van der Waals surface area contributed by atoms with Crippen LogP contribution in [0.4, 0.5) is 22.7 Å². The molecule has 0 aliphatic heterocycles. The molecular weight excluding hydrogens is 545 g/mol. The van der Waals surface area contributed by atoms with E-state index in [9.17, 15) is 5.11 Å². The van der Waals surface area contributed by atoms with Gasteiger partial charge in [0, 0.05) is 45.3 Å². The summed E-state index contributed by atoms with van der Waals surface area (Å²) < 4.78 is 0.